The number of carbonyl (C=O) groups is 1. The van der Waals surface area contributed by atoms with Crippen LogP contribution in [0.1, 0.15) is 42.6 Å². The van der Waals surface area contributed by atoms with E-state index in [-0.39, 0.29) is 5.97 Å². The van der Waals surface area contributed by atoms with E-state index in [9.17, 15) is 4.79 Å². The number of fused-ring (bicyclic) bond motifs is 1. The predicted molar refractivity (Wildman–Crippen MR) is 109 cm³/mol. The minimum Gasteiger partial charge on any atom is -0.462 e. The number of nitrogens with one attached hydrogen (secondary N) is 1. The zero-order valence-electron chi connectivity index (χ0n) is 16.1. The molecule has 0 unspecified atom stereocenters. The highest BCUT2D eigenvalue weighted by atomic mass is 16.5. The first kappa shape index (κ1) is 19.0. The normalized spacial score (nSPS) is 10.9. The van der Waals surface area contributed by atoms with Crippen molar-refractivity contribution in [3.63, 3.8) is 0 Å². The predicted octanol–water partition coefficient (Wildman–Crippen LogP) is 4.67. The Balaban J connectivity index is 1.62. The van der Waals surface area contributed by atoms with Gasteiger partial charge in [-0.1, -0.05) is 0 Å². The maximum Gasteiger partial charge on any atom is 0.338 e. The van der Waals surface area contributed by atoms with Gasteiger partial charge in [0.05, 0.1) is 12.2 Å². The van der Waals surface area contributed by atoms with Crippen LogP contribution in [0.15, 0.2) is 48.8 Å². The van der Waals surface area contributed by atoms with Crippen LogP contribution in [0.4, 0.5) is 5.82 Å². The number of aromatic nitrogens is 2. The molecule has 0 saturated heterocycles. The third-order valence-corrected chi connectivity index (χ3v) is 4.68. The Morgan fingerprint density at radius 1 is 1.11 bits per heavy atom. The number of ether oxygens (including phenoxy) is 1. The number of aryl methyl sites for hydroxylation is 2. The minimum absolute atomic E-state index is 0.269. The summed E-state index contributed by atoms with van der Waals surface area (Å²) < 4.78 is 7.35. The number of unbranched alkanes of at least 4 members (excludes halogenated alkanes) is 1. The van der Waals surface area contributed by atoms with E-state index in [2.05, 4.69) is 40.0 Å². The van der Waals surface area contributed by atoms with Gasteiger partial charge in [-0.15, -0.1) is 0 Å². The van der Waals surface area contributed by atoms with E-state index in [1.165, 1.54) is 5.56 Å². The molecule has 2 aromatic heterocycles. The number of esters is 1. The fourth-order valence-corrected chi connectivity index (χ4v) is 3.32. The van der Waals surface area contributed by atoms with Crippen LogP contribution in [0.5, 0.6) is 0 Å². The number of pyridine rings is 1. The molecule has 0 radical (unpaired) electrons. The highest BCUT2D eigenvalue weighted by molar-refractivity contribution is 5.96. The molecule has 3 aromatic rings. The van der Waals surface area contributed by atoms with Gasteiger partial charge in [-0.2, -0.15) is 0 Å². The van der Waals surface area contributed by atoms with E-state index in [0.29, 0.717) is 12.2 Å². The molecule has 5 heteroatoms. The molecular formula is C22H27N3O2. The van der Waals surface area contributed by atoms with Crippen molar-refractivity contribution in [3.05, 3.63) is 59.9 Å². The Morgan fingerprint density at radius 3 is 2.67 bits per heavy atom. The summed E-state index contributed by atoms with van der Waals surface area (Å²) in [6.45, 7) is 6.14. The van der Waals surface area contributed by atoms with E-state index < -0.39 is 0 Å². The number of hydrogen-bond donors (Lipinski definition) is 1. The average Bonchev–Trinajstić information content (AvgIpc) is 3.05. The Hall–Kier alpha value is -2.82. The van der Waals surface area contributed by atoms with Crippen LogP contribution in [-0.2, 0) is 17.7 Å². The molecule has 142 valence electrons. The van der Waals surface area contributed by atoms with E-state index in [1.807, 2.05) is 37.5 Å². The van der Waals surface area contributed by atoms with E-state index in [4.69, 9.17) is 4.74 Å². The summed E-state index contributed by atoms with van der Waals surface area (Å²) >= 11 is 0. The van der Waals surface area contributed by atoms with Crippen molar-refractivity contribution >= 4 is 22.7 Å². The van der Waals surface area contributed by atoms with Crippen molar-refractivity contribution in [1.29, 1.82) is 0 Å². The molecule has 0 aliphatic rings. The lowest BCUT2D eigenvalue weighted by Crippen LogP contribution is -2.07. The zero-order valence-corrected chi connectivity index (χ0v) is 16.1. The van der Waals surface area contributed by atoms with E-state index in [0.717, 1.165) is 49.1 Å². The Bertz CT molecular complexity index is 887. The monoisotopic (exact) mass is 365 g/mol. The van der Waals surface area contributed by atoms with E-state index >= 15 is 0 Å². The number of carbonyl (C=O) groups excluding carboxylic acids is 1. The summed E-state index contributed by atoms with van der Waals surface area (Å²) in [6, 6.07) is 12.0. The van der Waals surface area contributed by atoms with Crippen LogP contribution in [0.3, 0.4) is 0 Å². The van der Waals surface area contributed by atoms with Crippen molar-refractivity contribution in [3.8, 4) is 0 Å². The van der Waals surface area contributed by atoms with Crippen molar-refractivity contribution in [2.24, 2.45) is 0 Å². The molecule has 0 spiro atoms. The summed E-state index contributed by atoms with van der Waals surface area (Å²) in [7, 11) is 0. The Labute approximate surface area is 160 Å². The van der Waals surface area contributed by atoms with Crippen LogP contribution in [0, 0.1) is 0 Å². The molecule has 1 N–H and O–H groups in total. The number of hydrogen-bond acceptors (Lipinski definition) is 4. The number of benzene rings is 1. The first-order chi connectivity index (χ1) is 13.2. The lowest BCUT2D eigenvalue weighted by molar-refractivity contribution is 0.0526. The summed E-state index contributed by atoms with van der Waals surface area (Å²) in [5, 5.41) is 4.61. The first-order valence-electron chi connectivity index (χ1n) is 9.66. The summed E-state index contributed by atoms with van der Waals surface area (Å²) in [5.41, 5.74) is 3.06. The average molecular weight is 365 g/mol. The molecule has 0 aliphatic heterocycles. The molecule has 3 rings (SSSR count). The Morgan fingerprint density at radius 2 is 1.93 bits per heavy atom. The van der Waals surface area contributed by atoms with Gasteiger partial charge in [-0.3, -0.25) is 4.98 Å². The number of anilines is 1. The standard InChI is InChI=1S/C22H27N3O2/c1-3-25-20-9-8-18(22(26)27-4-2)15-19(20)16-21(25)24-12-6-5-7-17-10-13-23-14-11-17/h8-11,13-16,24H,3-7,12H2,1-2H3. The van der Waals surface area contributed by atoms with Crippen LogP contribution >= 0.6 is 0 Å². The van der Waals surface area contributed by atoms with Gasteiger partial charge in [0, 0.05) is 36.4 Å². The molecule has 0 aliphatic carbocycles. The largest absolute Gasteiger partial charge is 0.462 e. The Kier molecular flexibility index (Phi) is 6.47. The quantitative estimate of drug-likeness (QED) is 0.442. The fourth-order valence-electron chi connectivity index (χ4n) is 3.32. The van der Waals surface area contributed by atoms with Crippen LogP contribution in [0.2, 0.25) is 0 Å². The maximum absolute atomic E-state index is 12.0. The van der Waals surface area contributed by atoms with Gasteiger partial charge < -0.3 is 14.6 Å². The zero-order chi connectivity index (χ0) is 19.1. The lowest BCUT2D eigenvalue weighted by atomic mass is 10.1. The SMILES string of the molecule is CCOC(=O)c1ccc2c(c1)cc(NCCCCc1ccncc1)n2CC. The summed E-state index contributed by atoms with van der Waals surface area (Å²) in [6.07, 6.45) is 7.00. The third-order valence-electron chi connectivity index (χ3n) is 4.68. The molecule has 1 aromatic carbocycles. The second kappa shape index (κ2) is 9.21. The van der Waals surface area contributed by atoms with Gasteiger partial charge in [0.25, 0.3) is 0 Å². The first-order valence-corrected chi connectivity index (χ1v) is 9.66. The summed E-state index contributed by atoms with van der Waals surface area (Å²) in [4.78, 5) is 16.0. The molecule has 5 nitrogen and oxygen atoms in total. The lowest BCUT2D eigenvalue weighted by Gasteiger charge is -2.10. The van der Waals surface area contributed by atoms with Gasteiger partial charge >= 0.3 is 5.97 Å². The van der Waals surface area contributed by atoms with Crippen molar-refractivity contribution < 1.29 is 9.53 Å². The van der Waals surface area contributed by atoms with Crippen molar-refractivity contribution in [2.45, 2.75) is 39.7 Å². The van der Waals surface area contributed by atoms with Gasteiger partial charge in [0.2, 0.25) is 0 Å². The fraction of sp³-hybridized carbons (Fsp3) is 0.364. The van der Waals surface area contributed by atoms with Crippen molar-refractivity contribution in [1.82, 2.24) is 9.55 Å². The maximum atomic E-state index is 12.0. The third kappa shape index (κ3) is 4.67. The molecule has 0 fully saturated rings. The topological polar surface area (TPSA) is 56.1 Å². The molecule has 0 saturated carbocycles. The van der Waals surface area contributed by atoms with Gasteiger partial charge in [-0.25, -0.2) is 4.79 Å². The second-order valence-corrected chi connectivity index (χ2v) is 6.51. The molecule has 0 amide bonds. The molecule has 2 heterocycles. The number of rotatable bonds is 9. The molecule has 0 bridgehead atoms. The van der Waals surface area contributed by atoms with Crippen LogP contribution in [-0.4, -0.2) is 28.7 Å². The highest BCUT2D eigenvalue weighted by Gasteiger charge is 2.11. The smallest absolute Gasteiger partial charge is 0.338 e. The summed E-state index contributed by atoms with van der Waals surface area (Å²) in [5.74, 6) is 0.826. The molecule has 27 heavy (non-hydrogen) atoms. The minimum atomic E-state index is -0.269. The molecular weight excluding hydrogens is 338 g/mol. The van der Waals surface area contributed by atoms with Crippen molar-refractivity contribution in [2.75, 3.05) is 18.5 Å². The van der Waals surface area contributed by atoms with Crippen LogP contribution < -0.4 is 5.32 Å². The number of nitrogens with zero attached hydrogens (tertiary/aromatic N) is 2. The van der Waals surface area contributed by atoms with Gasteiger partial charge in [0.1, 0.15) is 5.82 Å². The highest BCUT2D eigenvalue weighted by Crippen LogP contribution is 2.25. The van der Waals surface area contributed by atoms with Gasteiger partial charge in [0.15, 0.2) is 0 Å². The van der Waals surface area contributed by atoms with E-state index in [1.54, 1.807) is 0 Å². The van der Waals surface area contributed by atoms with Crippen LogP contribution in [0.25, 0.3) is 10.9 Å². The van der Waals surface area contributed by atoms with Gasteiger partial charge in [-0.05, 0) is 75.1 Å². The molecule has 0 atom stereocenters. The second-order valence-electron chi connectivity index (χ2n) is 6.51.